The van der Waals surface area contributed by atoms with E-state index in [1.165, 1.54) is 36.0 Å². The van der Waals surface area contributed by atoms with Gasteiger partial charge in [-0.1, -0.05) is 31.7 Å². The number of hydrogen-bond acceptors (Lipinski definition) is 7. The van der Waals surface area contributed by atoms with Gasteiger partial charge in [-0.05, 0) is 65.3 Å². The normalized spacial score (nSPS) is 11.8. The summed E-state index contributed by atoms with van der Waals surface area (Å²) in [6, 6.07) is 10.8. The minimum absolute atomic E-state index is 0.0411. The average Bonchev–Trinajstić information content (AvgIpc) is 3.26. The molecule has 1 aromatic heterocycles. The first kappa shape index (κ1) is 25.6. The van der Waals surface area contributed by atoms with Gasteiger partial charge in [0.15, 0.2) is 0 Å². The Bertz CT molecular complexity index is 1220. The highest BCUT2D eigenvalue weighted by Crippen LogP contribution is 2.23. The molecule has 10 nitrogen and oxygen atoms in total. The lowest BCUT2D eigenvalue weighted by atomic mass is 10.0. The Morgan fingerprint density at radius 2 is 2.00 bits per heavy atom. The maximum Gasteiger partial charge on any atom is 0.270 e. The molecule has 34 heavy (non-hydrogen) atoms. The lowest BCUT2D eigenvalue weighted by molar-refractivity contribution is -0.384. The molecule has 0 unspecified atom stereocenters. The van der Waals surface area contributed by atoms with E-state index in [-0.39, 0.29) is 28.8 Å². The monoisotopic (exact) mass is 594 g/mol. The predicted octanol–water partition coefficient (Wildman–Crippen LogP) is 4.48. The maximum atomic E-state index is 12.7. The van der Waals surface area contributed by atoms with E-state index in [0.29, 0.717) is 11.0 Å². The topological polar surface area (TPSA) is 143 Å². The van der Waals surface area contributed by atoms with Gasteiger partial charge in [-0.3, -0.25) is 24.8 Å². The molecule has 0 bridgehead atoms. The van der Waals surface area contributed by atoms with Crippen LogP contribution < -0.4 is 10.6 Å². The second kappa shape index (κ2) is 11.4. The highest BCUT2D eigenvalue weighted by Gasteiger charge is 2.24. The van der Waals surface area contributed by atoms with Gasteiger partial charge in [0.2, 0.25) is 11.1 Å². The van der Waals surface area contributed by atoms with E-state index in [4.69, 9.17) is 0 Å². The van der Waals surface area contributed by atoms with E-state index >= 15 is 0 Å². The molecule has 2 aromatic carbocycles. The average molecular weight is 594 g/mol. The second-order valence-electron chi connectivity index (χ2n) is 7.80. The maximum absolute atomic E-state index is 12.7. The number of H-pyrrole nitrogens is 1. The quantitative estimate of drug-likeness (QED) is 0.143. The van der Waals surface area contributed by atoms with E-state index < -0.39 is 16.9 Å². The van der Waals surface area contributed by atoms with Crippen molar-refractivity contribution in [2.45, 2.75) is 32.0 Å². The zero-order chi connectivity index (χ0) is 24.8. The summed E-state index contributed by atoms with van der Waals surface area (Å²) in [6.45, 7) is 5.75. The van der Waals surface area contributed by atoms with Gasteiger partial charge in [-0.2, -0.15) is 0 Å². The first-order valence-corrected chi connectivity index (χ1v) is 12.4. The number of nitrogens with one attached hydrogen (secondary N) is 3. The predicted molar refractivity (Wildman–Crippen MR) is 138 cm³/mol. The third-order valence-corrected chi connectivity index (χ3v) is 6.36. The van der Waals surface area contributed by atoms with Gasteiger partial charge in [0.1, 0.15) is 5.82 Å². The Balaban J connectivity index is 1.63. The van der Waals surface area contributed by atoms with Gasteiger partial charge in [-0.15, -0.1) is 5.10 Å². The molecule has 0 aliphatic rings. The van der Waals surface area contributed by atoms with Gasteiger partial charge >= 0.3 is 0 Å². The lowest BCUT2D eigenvalue weighted by Gasteiger charge is -2.19. The molecule has 3 aromatic rings. The van der Waals surface area contributed by atoms with Crippen LogP contribution in [0.15, 0.2) is 47.6 Å². The Morgan fingerprint density at radius 3 is 2.68 bits per heavy atom. The standard InChI is InChI=1S/C22H23IN6O4S/c1-12(2)19(25-21(31)14-5-4-6-16(10-14)29(32)33)20-26-22(28-27-20)34-11-18(30)24-17-8-7-15(23)9-13(17)3/h4-10,12,19H,11H2,1-3H3,(H,24,30)(H,25,31)(H,26,27,28)/t19-/m1/s1. The van der Waals surface area contributed by atoms with Crippen molar-refractivity contribution in [3.05, 3.63) is 73.1 Å². The van der Waals surface area contributed by atoms with Gasteiger partial charge < -0.3 is 10.6 Å². The summed E-state index contributed by atoms with van der Waals surface area (Å²) in [7, 11) is 0. The summed E-state index contributed by atoms with van der Waals surface area (Å²) in [5.41, 5.74) is 1.75. The number of benzene rings is 2. The summed E-state index contributed by atoms with van der Waals surface area (Å²) in [4.78, 5) is 39.9. The molecule has 0 aliphatic carbocycles. The molecule has 178 valence electrons. The van der Waals surface area contributed by atoms with Crippen molar-refractivity contribution in [1.82, 2.24) is 20.5 Å². The van der Waals surface area contributed by atoms with Crippen LogP contribution in [0.2, 0.25) is 0 Å². The number of aryl methyl sites for hydroxylation is 1. The van der Waals surface area contributed by atoms with Crippen LogP contribution in [0.5, 0.6) is 0 Å². The molecule has 0 spiro atoms. The van der Waals surface area contributed by atoms with Gasteiger partial charge in [0.25, 0.3) is 11.6 Å². The molecule has 1 heterocycles. The van der Waals surface area contributed by atoms with Crippen molar-refractivity contribution in [3.8, 4) is 0 Å². The van der Waals surface area contributed by atoms with Crippen molar-refractivity contribution in [2.75, 3.05) is 11.1 Å². The van der Waals surface area contributed by atoms with Crippen molar-refractivity contribution in [2.24, 2.45) is 5.92 Å². The summed E-state index contributed by atoms with van der Waals surface area (Å²) in [6.07, 6.45) is 0. The number of aromatic amines is 1. The number of halogens is 1. The Labute approximate surface area is 214 Å². The SMILES string of the molecule is Cc1cc(I)ccc1NC(=O)CSc1n[nH]c([C@H](NC(=O)c2cccc([N+](=O)[O-])c2)C(C)C)n1. The van der Waals surface area contributed by atoms with E-state index in [1.54, 1.807) is 0 Å². The molecule has 3 N–H and O–H groups in total. The van der Waals surface area contributed by atoms with Crippen molar-refractivity contribution in [3.63, 3.8) is 0 Å². The van der Waals surface area contributed by atoms with Gasteiger partial charge in [0, 0.05) is 27.0 Å². The number of amides is 2. The highest BCUT2D eigenvalue weighted by atomic mass is 127. The largest absolute Gasteiger partial charge is 0.342 e. The summed E-state index contributed by atoms with van der Waals surface area (Å²) in [5.74, 6) is -0.124. The molecule has 3 rings (SSSR count). The molecular weight excluding hydrogens is 571 g/mol. The van der Waals surface area contributed by atoms with Gasteiger partial charge in [-0.25, -0.2) is 4.98 Å². The fourth-order valence-electron chi connectivity index (χ4n) is 3.08. The number of nitro benzene ring substituents is 1. The number of nitrogens with zero attached hydrogens (tertiary/aromatic N) is 3. The molecule has 2 amide bonds. The van der Waals surface area contributed by atoms with Gasteiger partial charge in [0.05, 0.1) is 16.7 Å². The van der Waals surface area contributed by atoms with Crippen LogP contribution in [0.1, 0.15) is 41.6 Å². The van der Waals surface area contributed by atoms with Crippen molar-refractivity contribution in [1.29, 1.82) is 0 Å². The Hall–Kier alpha value is -3.00. The first-order chi connectivity index (χ1) is 16.1. The lowest BCUT2D eigenvalue weighted by Crippen LogP contribution is -2.32. The van der Waals surface area contributed by atoms with E-state index in [0.717, 1.165) is 14.8 Å². The number of anilines is 1. The number of non-ortho nitro benzene ring substituents is 1. The molecule has 0 aliphatic heterocycles. The van der Waals surface area contributed by atoms with Crippen molar-refractivity contribution >= 4 is 57.5 Å². The third-order valence-electron chi connectivity index (χ3n) is 4.84. The number of rotatable bonds is 9. The van der Waals surface area contributed by atoms with Crippen LogP contribution in [0.25, 0.3) is 0 Å². The van der Waals surface area contributed by atoms with E-state index in [1.807, 2.05) is 39.0 Å². The number of carbonyl (C=O) groups excluding carboxylic acids is 2. The summed E-state index contributed by atoms with van der Waals surface area (Å²) < 4.78 is 1.09. The number of nitro groups is 1. The summed E-state index contributed by atoms with van der Waals surface area (Å²) >= 11 is 3.39. The van der Waals surface area contributed by atoms with Crippen molar-refractivity contribution < 1.29 is 14.5 Å². The van der Waals surface area contributed by atoms with Crippen LogP contribution in [-0.2, 0) is 4.79 Å². The fraction of sp³-hybridized carbons (Fsp3) is 0.273. The number of aromatic nitrogens is 3. The molecule has 0 saturated heterocycles. The first-order valence-electron chi connectivity index (χ1n) is 10.3. The molecular formula is C22H23IN6O4S. The number of hydrogen-bond donors (Lipinski definition) is 3. The Morgan fingerprint density at radius 1 is 1.24 bits per heavy atom. The van der Waals surface area contributed by atoms with Crippen LogP contribution >= 0.6 is 34.4 Å². The molecule has 12 heteroatoms. The zero-order valence-corrected chi connectivity index (χ0v) is 21.6. The smallest absolute Gasteiger partial charge is 0.270 e. The van der Waals surface area contributed by atoms with Crippen LogP contribution in [0.4, 0.5) is 11.4 Å². The zero-order valence-electron chi connectivity index (χ0n) is 18.7. The summed E-state index contributed by atoms with van der Waals surface area (Å²) in [5, 5.41) is 24.1. The van der Waals surface area contributed by atoms with Crippen LogP contribution in [0.3, 0.4) is 0 Å². The minimum Gasteiger partial charge on any atom is -0.342 e. The van der Waals surface area contributed by atoms with E-state index in [2.05, 4.69) is 48.4 Å². The molecule has 0 saturated carbocycles. The number of thioether (sulfide) groups is 1. The molecule has 1 atom stereocenters. The fourth-order valence-corrected chi connectivity index (χ4v) is 4.33. The van der Waals surface area contributed by atoms with E-state index in [9.17, 15) is 19.7 Å². The Kier molecular flexibility index (Phi) is 8.61. The molecule has 0 radical (unpaired) electrons. The minimum atomic E-state index is -0.549. The highest BCUT2D eigenvalue weighted by molar-refractivity contribution is 14.1. The van der Waals surface area contributed by atoms with Crippen LogP contribution in [0, 0.1) is 26.5 Å². The third kappa shape index (κ3) is 6.76. The second-order valence-corrected chi connectivity index (χ2v) is 9.99. The van der Waals surface area contributed by atoms with Crippen LogP contribution in [-0.4, -0.2) is 37.7 Å². The molecule has 0 fully saturated rings. The number of carbonyl (C=O) groups is 2.